The number of aryl methyl sites for hydroxylation is 1. The first-order valence-corrected chi connectivity index (χ1v) is 8.92. The monoisotopic (exact) mass is 343 g/mol. The zero-order valence-electron chi connectivity index (χ0n) is 13.6. The van der Waals surface area contributed by atoms with Crippen LogP contribution in [0.3, 0.4) is 0 Å². The highest BCUT2D eigenvalue weighted by Gasteiger charge is 2.26. The van der Waals surface area contributed by atoms with Crippen LogP contribution in [0.15, 0.2) is 41.8 Å². The van der Waals surface area contributed by atoms with Crippen molar-refractivity contribution in [3.63, 3.8) is 0 Å². The Balaban J connectivity index is 1.69. The molecule has 1 aromatic carbocycles. The zero-order valence-corrected chi connectivity index (χ0v) is 14.4. The Morgan fingerprint density at radius 2 is 2.12 bits per heavy atom. The van der Waals surface area contributed by atoms with Crippen LogP contribution in [0.5, 0.6) is 0 Å². The van der Waals surface area contributed by atoms with E-state index in [-0.39, 0.29) is 24.5 Å². The van der Waals surface area contributed by atoms with Gasteiger partial charge in [0.05, 0.1) is 6.54 Å². The second kappa shape index (κ2) is 7.59. The molecule has 126 valence electrons. The number of carbonyl (C=O) groups is 2. The molecule has 0 aliphatic carbocycles. The second-order valence-electron chi connectivity index (χ2n) is 5.87. The van der Waals surface area contributed by atoms with Crippen molar-refractivity contribution in [2.75, 3.05) is 19.6 Å². The lowest BCUT2D eigenvalue weighted by Crippen LogP contribution is -2.41. The zero-order chi connectivity index (χ0) is 16.9. The SMILES string of the molecule is Cc1ccsc1C(Cc1ccccc1)NCC(=O)N1CCNC1=O. The number of nitrogens with one attached hydrogen (secondary N) is 2. The lowest BCUT2D eigenvalue weighted by Gasteiger charge is -2.20. The normalized spacial score (nSPS) is 15.4. The van der Waals surface area contributed by atoms with Gasteiger partial charge in [0.25, 0.3) is 0 Å². The number of imide groups is 1. The minimum Gasteiger partial charge on any atom is -0.336 e. The predicted molar refractivity (Wildman–Crippen MR) is 95.1 cm³/mol. The summed E-state index contributed by atoms with van der Waals surface area (Å²) in [5, 5.41) is 8.07. The molecule has 6 heteroatoms. The maximum absolute atomic E-state index is 12.3. The third-order valence-electron chi connectivity index (χ3n) is 4.16. The highest BCUT2D eigenvalue weighted by molar-refractivity contribution is 7.10. The lowest BCUT2D eigenvalue weighted by atomic mass is 10.0. The van der Waals surface area contributed by atoms with E-state index in [0.717, 1.165) is 6.42 Å². The summed E-state index contributed by atoms with van der Waals surface area (Å²) in [6.45, 7) is 3.21. The van der Waals surface area contributed by atoms with Crippen LogP contribution in [0.25, 0.3) is 0 Å². The van der Waals surface area contributed by atoms with E-state index in [1.807, 2.05) is 18.2 Å². The van der Waals surface area contributed by atoms with Crippen LogP contribution in [0, 0.1) is 6.92 Å². The Bertz CT molecular complexity index is 714. The summed E-state index contributed by atoms with van der Waals surface area (Å²) in [7, 11) is 0. The van der Waals surface area contributed by atoms with E-state index in [4.69, 9.17) is 0 Å². The van der Waals surface area contributed by atoms with Gasteiger partial charge in [-0.1, -0.05) is 30.3 Å². The van der Waals surface area contributed by atoms with Crippen LogP contribution in [0.4, 0.5) is 4.79 Å². The summed E-state index contributed by atoms with van der Waals surface area (Å²) in [6.07, 6.45) is 0.807. The van der Waals surface area contributed by atoms with Gasteiger partial charge in [-0.15, -0.1) is 11.3 Å². The molecule has 3 rings (SSSR count). The molecule has 2 heterocycles. The molecule has 3 amide bonds. The number of benzene rings is 1. The Hall–Kier alpha value is -2.18. The van der Waals surface area contributed by atoms with Crippen molar-refractivity contribution in [1.29, 1.82) is 0 Å². The van der Waals surface area contributed by atoms with Crippen LogP contribution in [-0.2, 0) is 11.2 Å². The lowest BCUT2D eigenvalue weighted by molar-refractivity contribution is -0.126. The molecule has 1 aliphatic rings. The first kappa shape index (κ1) is 16.7. The number of amides is 3. The van der Waals surface area contributed by atoms with Crippen LogP contribution in [0.2, 0.25) is 0 Å². The van der Waals surface area contributed by atoms with Crippen LogP contribution in [-0.4, -0.2) is 36.5 Å². The minimum absolute atomic E-state index is 0.0574. The molecule has 1 fully saturated rings. The molecule has 1 saturated heterocycles. The van der Waals surface area contributed by atoms with Crippen LogP contribution >= 0.6 is 11.3 Å². The molecular formula is C18H21N3O2S. The number of thiophene rings is 1. The molecule has 0 bridgehead atoms. The van der Waals surface area contributed by atoms with E-state index >= 15 is 0 Å². The summed E-state index contributed by atoms with van der Waals surface area (Å²) >= 11 is 1.69. The molecule has 1 unspecified atom stereocenters. The smallest absolute Gasteiger partial charge is 0.324 e. The third-order valence-corrected chi connectivity index (χ3v) is 5.29. The number of rotatable bonds is 6. The molecule has 0 spiro atoms. The minimum atomic E-state index is -0.297. The Labute approximate surface area is 145 Å². The van der Waals surface area contributed by atoms with Crippen molar-refractivity contribution in [2.24, 2.45) is 0 Å². The quantitative estimate of drug-likeness (QED) is 0.847. The van der Waals surface area contributed by atoms with Crippen molar-refractivity contribution in [1.82, 2.24) is 15.5 Å². The largest absolute Gasteiger partial charge is 0.336 e. The van der Waals surface area contributed by atoms with Gasteiger partial charge in [0.15, 0.2) is 0 Å². The van der Waals surface area contributed by atoms with Gasteiger partial charge in [-0.3, -0.25) is 9.69 Å². The Morgan fingerprint density at radius 3 is 2.75 bits per heavy atom. The van der Waals surface area contributed by atoms with E-state index in [9.17, 15) is 9.59 Å². The van der Waals surface area contributed by atoms with Gasteiger partial charge in [-0.05, 0) is 35.9 Å². The molecule has 2 N–H and O–H groups in total. The molecule has 1 aromatic heterocycles. The Morgan fingerprint density at radius 1 is 1.33 bits per heavy atom. The summed E-state index contributed by atoms with van der Waals surface area (Å²) in [5.41, 5.74) is 2.44. The first-order chi connectivity index (χ1) is 11.6. The molecule has 24 heavy (non-hydrogen) atoms. The summed E-state index contributed by atoms with van der Waals surface area (Å²) < 4.78 is 0. The highest BCUT2D eigenvalue weighted by Crippen LogP contribution is 2.26. The molecule has 0 radical (unpaired) electrons. The molecular weight excluding hydrogens is 322 g/mol. The van der Waals surface area contributed by atoms with Gasteiger partial charge in [0, 0.05) is 24.0 Å². The molecule has 1 atom stereocenters. The third kappa shape index (κ3) is 3.83. The van der Waals surface area contributed by atoms with Crippen molar-refractivity contribution in [3.8, 4) is 0 Å². The number of nitrogens with zero attached hydrogens (tertiary/aromatic N) is 1. The van der Waals surface area contributed by atoms with Crippen LogP contribution < -0.4 is 10.6 Å². The molecule has 2 aromatic rings. The van der Waals surface area contributed by atoms with E-state index in [0.29, 0.717) is 13.1 Å². The standard InChI is InChI=1S/C18H21N3O2S/c1-13-7-10-24-17(13)15(11-14-5-3-2-4-6-14)20-12-16(22)21-9-8-19-18(21)23/h2-7,10,15,20H,8-9,11-12H2,1H3,(H,19,23). The van der Waals surface area contributed by atoms with Crippen molar-refractivity contribution < 1.29 is 9.59 Å². The number of hydrogen-bond acceptors (Lipinski definition) is 4. The van der Waals surface area contributed by atoms with Gasteiger partial charge in [0.1, 0.15) is 0 Å². The Kier molecular flexibility index (Phi) is 5.27. The van der Waals surface area contributed by atoms with Crippen molar-refractivity contribution in [3.05, 3.63) is 57.8 Å². The van der Waals surface area contributed by atoms with Crippen LogP contribution in [0.1, 0.15) is 22.0 Å². The maximum atomic E-state index is 12.3. The fourth-order valence-corrected chi connectivity index (χ4v) is 3.87. The fourth-order valence-electron chi connectivity index (χ4n) is 2.86. The fraction of sp³-hybridized carbons (Fsp3) is 0.333. The highest BCUT2D eigenvalue weighted by atomic mass is 32.1. The summed E-state index contributed by atoms with van der Waals surface area (Å²) in [5.74, 6) is -0.183. The second-order valence-corrected chi connectivity index (χ2v) is 6.82. The predicted octanol–water partition coefficient (Wildman–Crippen LogP) is 2.48. The molecule has 5 nitrogen and oxygen atoms in total. The van der Waals surface area contributed by atoms with Crippen molar-refractivity contribution in [2.45, 2.75) is 19.4 Å². The number of urea groups is 1. The van der Waals surface area contributed by atoms with E-state index in [1.165, 1.54) is 20.9 Å². The number of hydrogen-bond donors (Lipinski definition) is 2. The average Bonchev–Trinajstić information content (AvgIpc) is 3.20. The van der Waals surface area contributed by atoms with E-state index in [2.05, 4.69) is 41.1 Å². The van der Waals surface area contributed by atoms with E-state index < -0.39 is 0 Å². The summed E-state index contributed by atoms with van der Waals surface area (Å²) in [4.78, 5) is 26.4. The van der Waals surface area contributed by atoms with E-state index in [1.54, 1.807) is 11.3 Å². The van der Waals surface area contributed by atoms with Gasteiger partial charge in [-0.25, -0.2) is 4.79 Å². The average molecular weight is 343 g/mol. The molecule has 0 saturated carbocycles. The number of carbonyl (C=O) groups excluding carboxylic acids is 2. The summed E-state index contributed by atoms with van der Waals surface area (Å²) in [6, 6.07) is 12.1. The van der Waals surface area contributed by atoms with Gasteiger partial charge >= 0.3 is 6.03 Å². The van der Waals surface area contributed by atoms with Crippen molar-refractivity contribution >= 4 is 23.3 Å². The topological polar surface area (TPSA) is 61.4 Å². The maximum Gasteiger partial charge on any atom is 0.324 e. The van der Waals surface area contributed by atoms with Gasteiger partial charge in [-0.2, -0.15) is 0 Å². The first-order valence-electron chi connectivity index (χ1n) is 8.04. The van der Waals surface area contributed by atoms with Gasteiger partial charge in [0.2, 0.25) is 5.91 Å². The molecule has 1 aliphatic heterocycles. The van der Waals surface area contributed by atoms with Gasteiger partial charge < -0.3 is 10.6 Å².